The van der Waals surface area contributed by atoms with E-state index in [9.17, 15) is 0 Å². The molecular formula is C81H82N2O8. The molecule has 0 radical (unpaired) electrons. The topological polar surface area (TPSA) is 80.3 Å². The van der Waals surface area contributed by atoms with Crippen molar-refractivity contribution < 1.29 is 37.9 Å². The molecule has 0 amide bonds. The third-order valence-corrected chi connectivity index (χ3v) is 16.5. The first kappa shape index (κ1) is 63.5. The highest BCUT2D eigenvalue weighted by Gasteiger charge is 2.36. The van der Waals surface area contributed by atoms with Gasteiger partial charge in [-0.15, -0.1) is 0 Å². The van der Waals surface area contributed by atoms with Gasteiger partial charge in [0.1, 0.15) is 24.7 Å². The highest BCUT2D eigenvalue weighted by atomic mass is 16.6. The highest BCUT2D eigenvalue weighted by Crippen LogP contribution is 2.51. The molecule has 10 nitrogen and oxygen atoms in total. The van der Waals surface area contributed by atoms with Gasteiger partial charge in [-0.3, -0.25) is 0 Å². The predicted octanol–water partition coefficient (Wildman–Crippen LogP) is 16.3. The number of hydrogen-bond donors (Lipinski definition) is 0. The third-order valence-electron chi connectivity index (χ3n) is 16.5. The Labute approximate surface area is 537 Å². The molecule has 1 aliphatic rings. The van der Waals surface area contributed by atoms with E-state index in [0.717, 1.165) is 89.6 Å². The van der Waals surface area contributed by atoms with Crippen molar-refractivity contribution in [3.8, 4) is 11.5 Å². The molecule has 10 aromatic rings. The fraction of sp³-hybridized carbons (Fsp3) is 0.235. The van der Waals surface area contributed by atoms with Crippen LogP contribution in [0.3, 0.4) is 0 Å². The van der Waals surface area contributed by atoms with Gasteiger partial charge in [-0.2, -0.15) is 0 Å². The Balaban J connectivity index is 1.12. The smallest absolute Gasteiger partial charge is 0.120 e. The minimum Gasteiger partial charge on any atom is -0.491 e. The van der Waals surface area contributed by atoms with E-state index in [0.29, 0.717) is 86.0 Å². The minimum atomic E-state index is -0.217. The zero-order chi connectivity index (χ0) is 62.1. The normalized spacial score (nSPS) is 12.2. The van der Waals surface area contributed by atoms with E-state index in [4.69, 9.17) is 37.9 Å². The van der Waals surface area contributed by atoms with Crippen LogP contribution in [-0.4, -0.2) is 100 Å². The van der Waals surface area contributed by atoms with Crippen LogP contribution in [0.5, 0.6) is 11.5 Å². The summed E-state index contributed by atoms with van der Waals surface area (Å²) in [5, 5.41) is 0. The Kier molecular flexibility index (Phi) is 23.5. The number of nitrogens with zero attached hydrogens (tertiary/aromatic N) is 2. The maximum Gasteiger partial charge on any atom is 0.120 e. The van der Waals surface area contributed by atoms with Gasteiger partial charge in [0.25, 0.3) is 0 Å². The maximum atomic E-state index is 6.95. The van der Waals surface area contributed by atoms with Crippen LogP contribution in [0.15, 0.2) is 279 Å². The molecule has 0 aliphatic carbocycles. The number of anilines is 2. The van der Waals surface area contributed by atoms with E-state index in [-0.39, 0.29) is 23.7 Å². The number of rotatable bonds is 34. The van der Waals surface area contributed by atoms with Crippen molar-refractivity contribution in [3.05, 3.63) is 346 Å². The molecule has 464 valence electrons. The molecule has 0 saturated carbocycles. The fourth-order valence-electron chi connectivity index (χ4n) is 12.5. The average molecular weight is 1210 g/mol. The largest absolute Gasteiger partial charge is 0.491 e. The molecule has 0 atom stereocenters. The Morgan fingerprint density at radius 1 is 0.264 bits per heavy atom. The molecule has 11 rings (SSSR count). The van der Waals surface area contributed by atoms with Crippen LogP contribution < -0.4 is 19.3 Å². The summed E-state index contributed by atoms with van der Waals surface area (Å²) < 4.78 is 47.9. The SMILES string of the molecule is COCCOCCOCCOc1cc(C(c2ccccc2)c2ccccc2)c(N2C=CN(c3c(C(c4ccccc4)c4ccccc4)cc(OCCOCCOCCOC)cc3C(c3ccccc3)c3ccccc3)C2)c(C(c2ccccc2)c2ccccc2)c1. The van der Waals surface area contributed by atoms with Gasteiger partial charge in [0, 0.05) is 50.3 Å². The summed E-state index contributed by atoms with van der Waals surface area (Å²) in [6.07, 6.45) is 4.58. The van der Waals surface area contributed by atoms with Crippen LogP contribution >= 0.6 is 0 Å². The van der Waals surface area contributed by atoms with Crippen LogP contribution in [0.25, 0.3) is 0 Å². The Bertz CT molecular complexity index is 3140. The first-order valence-corrected chi connectivity index (χ1v) is 31.7. The lowest BCUT2D eigenvalue weighted by Crippen LogP contribution is -2.30. The van der Waals surface area contributed by atoms with Crippen LogP contribution in [0.1, 0.15) is 90.4 Å². The Morgan fingerprint density at radius 2 is 0.462 bits per heavy atom. The van der Waals surface area contributed by atoms with E-state index >= 15 is 0 Å². The van der Waals surface area contributed by atoms with Crippen LogP contribution in [0.2, 0.25) is 0 Å². The second-order valence-corrected chi connectivity index (χ2v) is 22.4. The summed E-state index contributed by atoms with van der Waals surface area (Å²) in [7, 11) is 3.35. The molecule has 0 saturated heterocycles. The zero-order valence-electron chi connectivity index (χ0n) is 52.2. The standard InChI is InChI=1S/C81H82N2O8/c1-84-45-47-86-49-51-88-53-55-90-70-57-72(76(62-27-11-3-12-28-62)63-29-13-4-14-30-63)80(73(58-70)77(64-31-15-5-16-32-64)65-33-17-6-18-34-65)82-43-44-83(61-82)81-74(78(66-35-19-7-20-36-66)67-37-21-8-22-38-67)59-71(91-56-54-89-52-50-87-48-46-85-2)60-75(81)79(68-39-23-9-24-40-68)69-41-25-10-26-42-69/h3-44,57-60,76-79H,45-56,61H2,1-2H3. The molecule has 0 bridgehead atoms. The van der Waals surface area contributed by atoms with Gasteiger partial charge in [0.2, 0.25) is 0 Å². The van der Waals surface area contributed by atoms with Gasteiger partial charge < -0.3 is 47.7 Å². The van der Waals surface area contributed by atoms with Crippen molar-refractivity contribution in [2.75, 3.05) is 110 Å². The second-order valence-electron chi connectivity index (χ2n) is 22.4. The fourth-order valence-corrected chi connectivity index (χ4v) is 12.5. The number of benzene rings is 10. The first-order valence-electron chi connectivity index (χ1n) is 31.7. The molecule has 0 N–H and O–H groups in total. The third kappa shape index (κ3) is 16.7. The van der Waals surface area contributed by atoms with Crippen LogP contribution in [0, 0.1) is 0 Å². The molecule has 1 heterocycles. The lowest BCUT2D eigenvalue weighted by Gasteiger charge is -2.35. The molecule has 10 aromatic carbocycles. The molecule has 0 unspecified atom stereocenters. The summed E-state index contributed by atoms with van der Waals surface area (Å²) in [4.78, 5) is 4.96. The van der Waals surface area contributed by atoms with Gasteiger partial charge in [-0.1, -0.05) is 243 Å². The molecule has 91 heavy (non-hydrogen) atoms. The van der Waals surface area contributed by atoms with Crippen molar-refractivity contribution in [1.82, 2.24) is 0 Å². The summed E-state index contributed by atoms with van der Waals surface area (Å²) in [5.74, 6) is 0.642. The van der Waals surface area contributed by atoms with Gasteiger partial charge in [0.05, 0.1) is 84.1 Å². The van der Waals surface area contributed by atoms with Crippen molar-refractivity contribution >= 4 is 11.4 Å². The van der Waals surface area contributed by atoms with Gasteiger partial charge in [0.15, 0.2) is 0 Å². The zero-order valence-corrected chi connectivity index (χ0v) is 52.2. The maximum absolute atomic E-state index is 6.95. The van der Waals surface area contributed by atoms with Crippen molar-refractivity contribution in [3.63, 3.8) is 0 Å². The lowest BCUT2D eigenvalue weighted by atomic mass is 9.78. The number of ether oxygens (including phenoxy) is 8. The minimum absolute atomic E-state index is 0.217. The monoisotopic (exact) mass is 1210 g/mol. The van der Waals surface area contributed by atoms with E-state index in [1.165, 1.54) is 0 Å². The summed E-state index contributed by atoms with van der Waals surface area (Å²) in [5.41, 5.74) is 15.9. The molecule has 0 spiro atoms. The van der Waals surface area contributed by atoms with Crippen LogP contribution in [-0.2, 0) is 28.4 Å². The lowest BCUT2D eigenvalue weighted by molar-refractivity contribution is 0.0179. The van der Waals surface area contributed by atoms with Crippen molar-refractivity contribution in [2.45, 2.75) is 23.7 Å². The van der Waals surface area contributed by atoms with Crippen molar-refractivity contribution in [2.24, 2.45) is 0 Å². The quantitative estimate of drug-likeness (QED) is 0.0287. The van der Waals surface area contributed by atoms with E-state index in [1.807, 2.05) is 0 Å². The van der Waals surface area contributed by atoms with E-state index in [1.54, 1.807) is 14.2 Å². The van der Waals surface area contributed by atoms with Gasteiger partial charge in [-0.05, 0) is 91.0 Å². The van der Waals surface area contributed by atoms with E-state index < -0.39 is 0 Å². The van der Waals surface area contributed by atoms with Gasteiger partial charge in [-0.25, -0.2) is 0 Å². The highest BCUT2D eigenvalue weighted by molar-refractivity contribution is 5.77. The van der Waals surface area contributed by atoms with Gasteiger partial charge >= 0.3 is 0 Å². The second kappa shape index (κ2) is 33.6. The first-order chi connectivity index (χ1) is 45.2. The molecule has 10 heteroatoms. The average Bonchev–Trinajstić information content (AvgIpc) is 1.76. The molecular weight excluding hydrogens is 1130 g/mol. The summed E-state index contributed by atoms with van der Waals surface area (Å²) in [6.45, 7) is 5.87. The van der Waals surface area contributed by atoms with Crippen molar-refractivity contribution in [1.29, 1.82) is 0 Å². The number of hydrogen-bond acceptors (Lipinski definition) is 10. The summed E-state index contributed by atoms with van der Waals surface area (Å²) >= 11 is 0. The van der Waals surface area contributed by atoms with Crippen LogP contribution in [0.4, 0.5) is 11.4 Å². The Hall–Kier alpha value is -9.10. The number of methoxy groups -OCH3 is 2. The molecule has 0 aromatic heterocycles. The van der Waals surface area contributed by atoms with E-state index in [2.05, 4.69) is 289 Å². The predicted molar refractivity (Wildman–Crippen MR) is 365 cm³/mol. The summed E-state index contributed by atoms with van der Waals surface area (Å²) in [6, 6.07) is 96.3. The molecule has 0 fully saturated rings. The Morgan fingerprint density at radius 3 is 0.670 bits per heavy atom. The molecule has 1 aliphatic heterocycles.